The quantitative estimate of drug-likeness (QED) is 0.396. The summed E-state index contributed by atoms with van der Waals surface area (Å²) in [6.07, 6.45) is -5.03. The third-order valence-corrected chi connectivity index (χ3v) is 8.76. The van der Waals surface area contributed by atoms with Crippen molar-refractivity contribution in [3.63, 3.8) is 0 Å². The standard InChI is InChI=1S/C29H29F5N6O4/c1-38-24-18(5-3-11-35-24)28(44-27(38)43)9-12-39(13-10-28)26(42)37-20-8-7-16(17-4-2-6-19(30)22(17)31)15-40-21(14-36-25(20)40)23(41)29(32,33)34/h2-6,11,14,16,20,23,41H,7-10,12-13,15H2,1H3,(H,37,42)/t16-,20-,23?/m1/s1. The fraction of sp³-hybridized carbons (Fsp3) is 0.448. The Morgan fingerprint density at radius 1 is 1.14 bits per heavy atom. The lowest BCUT2D eigenvalue weighted by Gasteiger charge is -2.45. The largest absolute Gasteiger partial charge is 0.437 e. The average Bonchev–Trinajstić information content (AvgIpc) is 3.33. The SMILES string of the molecule is CN1C(=O)OC2(CCN(C(=O)N[C@@H]3CC[C@@H](c4cccc(F)c4F)Cn4c(C(O)C(F)(F)F)cnc43)CC2)c2cccnc21. The molecule has 1 spiro atoms. The number of alkyl halides is 3. The Labute approximate surface area is 248 Å². The topological polar surface area (TPSA) is 113 Å². The van der Waals surface area contributed by atoms with Crippen LogP contribution in [-0.4, -0.2) is 63.0 Å². The maximum atomic E-state index is 14.8. The van der Waals surface area contributed by atoms with E-state index in [0.717, 1.165) is 22.4 Å². The van der Waals surface area contributed by atoms with Crippen LogP contribution in [0.25, 0.3) is 0 Å². The molecule has 1 unspecified atom stereocenters. The lowest BCUT2D eigenvalue weighted by molar-refractivity contribution is -0.208. The van der Waals surface area contributed by atoms with Crippen molar-refractivity contribution < 1.29 is 41.4 Å². The molecule has 0 aliphatic carbocycles. The van der Waals surface area contributed by atoms with E-state index >= 15 is 0 Å². The Kier molecular flexibility index (Phi) is 7.46. The highest BCUT2D eigenvalue weighted by Gasteiger charge is 2.48. The van der Waals surface area contributed by atoms with Crippen LogP contribution < -0.4 is 10.2 Å². The van der Waals surface area contributed by atoms with Gasteiger partial charge in [0.15, 0.2) is 17.7 Å². The Balaban J connectivity index is 1.24. The molecule has 10 nitrogen and oxygen atoms in total. The molecule has 44 heavy (non-hydrogen) atoms. The fourth-order valence-electron chi connectivity index (χ4n) is 6.38. The molecule has 2 N–H and O–H groups in total. The number of benzene rings is 1. The van der Waals surface area contributed by atoms with Crippen LogP contribution in [-0.2, 0) is 16.9 Å². The molecule has 1 aromatic carbocycles. The Bertz CT molecular complexity index is 1590. The zero-order chi connectivity index (χ0) is 31.4. The number of likely N-dealkylation sites (tertiary alicyclic amines) is 1. The van der Waals surface area contributed by atoms with Crippen molar-refractivity contribution in [1.29, 1.82) is 0 Å². The molecule has 3 amide bonds. The first kappa shape index (κ1) is 29.8. The van der Waals surface area contributed by atoms with Gasteiger partial charge in [-0.3, -0.25) is 4.90 Å². The molecule has 1 saturated heterocycles. The molecule has 0 radical (unpaired) electrons. The summed E-state index contributed by atoms with van der Waals surface area (Å²) in [6.45, 7) is 0.186. The van der Waals surface area contributed by atoms with Gasteiger partial charge in [0, 0.05) is 57.2 Å². The molecule has 3 aliphatic rings. The van der Waals surface area contributed by atoms with Crippen molar-refractivity contribution in [3.05, 3.63) is 77.0 Å². The summed E-state index contributed by atoms with van der Waals surface area (Å²) in [6, 6.07) is 5.80. The summed E-state index contributed by atoms with van der Waals surface area (Å²) in [5.74, 6) is -2.41. The Morgan fingerprint density at radius 2 is 1.89 bits per heavy atom. The second-order valence-corrected chi connectivity index (χ2v) is 11.3. The van der Waals surface area contributed by atoms with E-state index in [2.05, 4.69) is 15.3 Å². The van der Waals surface area contributed by atoms with Crippen LogP contribution >= 0.6 is 0 Å². The third-order valence-electron chi connectivity index (χ3n) is 8.76. The van der Waals surface area contributed by atoms with Gasteiger partial charge in [0.1, 0.15) is 17.2 Å². The van der Waals surface area contributed by atoms with Gasteiger partial charge in [0.25, 0.3) is 0 Å². The predicted octanol–water partition coefficient (Wildman–Crippen LogP) is 5.06. The van der Waals surface area contributed by atoms with Gasteiger partial charge in [0.2, 0.25) is 0 Å². The van der Waals surface area contributed by atoms with E-state index in [1.807, 2.05) is 6.07 Å². The molecule has 0 saturated carbocycles. The zero-order valence-corrected chi connectivity index (χ0v) is 23.5. The number of aliphatic hydroxyl groups is 1. The molecule has 3 aliphatic heterocycles. The van der Waals surface area contributed by atoms with Crippen LogP contribution in [0.4, 0.5) is 37.4 Å². The van der Waals surface area contributed by atoms with Crippen LogP contribution in [0.5, 0.6) is 0 Å². The number of aromatic nitrogens is 3. The first-order valence-corrected chi connectivity index (χ1v) is 14.1. The van der Waals surface area contributed by atoms with Crippen LogP contribution in [0.1, 0.15) is 66.4 Å². The Morgan fingerprint density at radius 3 is 2.61 bits per heavy atom. The molecule has 1 fully saturated rings. The number of nitrogens with one attached hydrogen (secondary N) is 1. The van der Waals surface area contributed by atoms with Crippen molar-refractivity contribution in [2.24, 2.45) is 0 Å². The first-order valence-electron chi connectivity index (χ1n) is 14.1. The molecule has 5 heterocycles. The fourth-order valence-corrected chi connectivity index (χ4v) is 6.38. The summed E-state index contributed by atoms with van der Waals surface area (Å²) in [5.41, 5.74) is -0.813. The van der Waals surface area contributed by atoms with Crippen molar-refractivity contribution in [3.8, 4) is 0 Å². The van der Waals surface area contributed by atoms with Crippen LogP contribution in [0.15, 0.2) is 42.7 Å². The number of halogens is 5. The number of hydrogen-bond acceptors (Lipinski definition) is 6. The number of hydrogen-bond donors (Lipinski definition) is 2. The maximum absolute atomic E-state index is 14.8. The van der Waals surface area contributed by atoms with Crippen LogP contribution in [0, 0.1) is 11.6 Å². The number of aliphatic hydroxyl groups excluding tert-OH is 1. The maximum Gasteiger partial charge on any atom is 0.420 e. The van der Waals surface area contributed by atoms with E-state index in [-0.39, 0.29) is 43.9 Å². The molecular weight excluding hydrogens is 591 g/mol. The number of anilines is 1. The van der Waals surface area contributed by atoms with Gasteiger partial charge >= 0.3 is 18.3 Å². The van der Waals surface area contributed by atoms with E-state index in [9.17, 15) is 36.6 Å². The number of pyridine rings is 1. The number of rotatable bonds is 3. The second kappa shape index (κ2) is 11.0. The predicted molar refractivity (Wildman–Crippen MR) is 144 cm³/mol. The van der Waals surface area contributed by atoms with Crippen molar-refractivity contribution in [2.45, 2.75) is 62.1 Å². The van der Waals surface area contributed by atoms with Gasteiger partial charge in [-0.2, -0.15) is 13.2 Å². The number of nitrogens with zero attached hydrogens (tertiary/aromatic N) is 5. The normalized spacial score (nSPS) is 22.1. The minimum Gasteiger partial charge on any atom is -0.437 e. The van der Waals surface area contributed by atoms with E-state index in [1.54, 1.807) is 19.3 Å². The molecule has 3 atom stereocenters. The van der Waals surface area contributed by atoms with Crippen LogP contribution in [0.2, 0.25) is 0 Å². The summed E-state index contributed by atoms with van der Waals surface area (Å²) in [4.78, 5) is 37.3. The minimum absolute atomic E-state index is 0.0205. The highest BCUT2D eigenvalue weighted by Crippen LogP contribution is 2.44. The number of urea groups is 1. The zero-order valence-electron chi connectivity index (χ0n) is 23.5. The second-order valence-electron chi connectivity index (χ2n) is 11.3. The number of ether oxygens (including phenoxy) is 1. The van der Waals surface area contributed by atoms with E-state index < -0.39 is 59.3 Å². The summed E-state index contributed by atoms with van der Waals surface area (Å²) < 4.78 is 76.4. The number of carbonyl (C=O) groups excluding carboxylic acids is 2. The molecule has 3 aromatic rings. The van der Waals surface area contributed by atoms with Crippen molar-refractivity contribution >= 4 is 17.9 Å². The number of piperidine rings is 1. The lowest BCUT2D eigenvalue weighted by atomic mass is 9.83. The molecule has 234 valence electrons. The highest BCUT2D eigenvalue weighted by molar-refractivity contribution is 5.89. The highest BCUT2D eigenvalue weighted by atomic mass is 19.4. The van der Waals surface area contributed by atoms with E-state index in [0.29, 0.717) is 18.7 Å². The lowest BCUT2D eigenvalue weighted by Crippen LogP contribution is -2.53. The van der Waals surface area contributed by atoms with E-state index in [4.69, 9.17) is 4.74 Å². The average molecular weight is 621 g/mol. The number of carbonyl (C=O) groups is 2. The van der Waals surface area contributed by atoms with Gasteiger partial charge in [-0.1, -0.05) is 12.1 Å². The van der Waals surface area contributed by atoms with Gasteiger partial charge in [0.05, 0.1) is 17.9 Å². The van der Waals surface area contributed by atoms with E-state index in [1.165, 1.54) is 21.9 Å². The van der Waals surface area contributed by atoms with Crippen LogP contribution in [0.3, 0.4) is 0 Å². The molecule has 15 heteroatoms. The molecular formula is C29H29F5N6O4. The molecule has 0 bridgehead atoms. The first-order chi connectivity index (χ1) is 20.9. The molecule has 2 aromatic heterocycles. The third kappa shape index (κ3) is 5.12. The van der Waals surface area contributed by atoms with Gasteiger partial charge in [-0.05, 0) is 36.6 Å². The number of amides is 3. The number of imidazole rings is 1. The summed E-state index contributed by atoms with van der Waals surface area (Å²) in [5, 5.41) is 12.9. The summed E-state index contributed by atoms with van der Waals surface area (Å²) in [7, 11) is 1.56. The van der Waals surface area contributed by atoms with Gasteiger partial charge in [-0.15, -0.1) is 0 Å². The van der Waals surface area contributed by atoms with Gasteiger partial charge < -0.3 is 24.6 Å². The Hall–Kier alpha value is -4.27. The molecule has 6 rings (SSSR count). The minimum atomic E-state index is -5.00. The monoisotopic (exact) mass is 620 g/mol. The van der Waals surface area contributed by atoms with Crippen molar-refractivity contribution in [2.75, 3.05) is 25.0 Å². The van der Waals surface area contributed by atoms with Crippen molar-refractivity contribution in [1.82, 2.24) is 24.8 Å². The smallest absolute Gasteiger partial charge is 0.420 e. The van der Waals surface area contributed by atoms with Gasteiger partial charge in [-0.25, -0.2) is 28.3 Å². The summed E-state index contributed by atoms with van der Waals surface area (Å²) >= 11 is 0. The number of fused-ring (bicyclic) bond motifs is 3.